The van der Waals surface area contributed by atoms with Gasteiger partial charge in [0.25, 0.3) is 5.69 Å². The molecule has 20 heavy (non-hydrogen) atoms. The van der Waals surface area contributed by atoms with Crippen LogP contribution < -0.4 is 4.72 Å². The zero-order valence-corrected chi connectivity index (χ0v) is 11.3. The highest BCUT2D eigenvalue weighted by atomic mass is 32.2. The smallest absolute Gasteiger partial charge is 0.283 e. The molecule has 0 amide bonds. The number of H-pyrrole nitrogens is 1. The van der Waals surface area contributed by atoms with Gasteiger partial charge in [-0.2, -0.15) is 5.10 Å². The molecule has 0 spiro atoms. The zero-order chi connectivity index (χ0) is 14.8. The maximum Gasteiger partial charge on any atom is 0.289 e. The number of para-hydroxylation sites is 1. The summed E-state index contributed by atoms with van der Waals surface area (Å²) < 4.78 is 26.6. The van der Waals surface area contributed by atoms with Crippen molar-refractivity contribution < 1.29 is 13.3 Å². The minimum atomic E-state index is -3.96. The molecule has 1 heterocycles. The van der Waals surface area contributed by atoms with E-state index in [1.54, 1.807) is 6.92 Å². The van der Waals surface area contributed by atoms with Gasteiger partial charge in [0.1, 0.15) is 0 Å². The maximum absolute atomic E-state index is 12.1. The number of nitro groups is 1. The van der Waals surface area contributed by atoms with E-state index < -0.39 is 20.6 Å². The highest BCUT2D eigenvalue weighted by molar-refractivity contribution is 7.89. The molecule has 0 saturated carbocycles. The lowest BCUT2D eigenvalue weighted by Crippen LogP contribution is -2.24. The standard InChI is InChI=1S/C11H12N4O4S/c1-8-9(6-12-14-8)7-13-20(18,19)11-5-3-2-4-10(11)15(16)17/h2-6,13H,7H2,1H3,(H,12,14). The Balaban J connectivity index is 2.27. The quantitative estimate of drug-likeness (QED) is 0.632. The highest BCUT2D eigenvalue weighted by Crippen LogP contribution is 2.22. The van der Waals surface area contributed by atoms with Crippen LogP contribution in [0.25, 0.3) is 0 Å². The van der Waals surface area contributed by atoms with Crippen molar-refractivity contribution in [3.8, 4) is 0 Å². The molecular weight excluding hydrogens is 284 g/mol. The van der Waals surface area contributed by atoms with Gasteiger partial charge in [0.15, 0.2) is 4.90 Å². The summed E-state index contributed by atoms with van der Waals surface area (Å²) >= 11 is 0. The van der Waals surface area contributed by atoms with E-state index in [-0.39, 0.29) is 11.4 Å². The first-order valence-corrected chi connectivity index (χ1v) is 7.12. The summed E-state index contributed by atoms with van der Waals surface area (Å²) in [7, 11) is -3.96. The molecule has 0 unspecified atom stereocenters. The largest absolute Gasteiger partial charge is 0.289 e. The molecule has 9 heteroatoms. The number of rotatable bonds is 5. The Kier molecular flexibility index (Phi) is 3.81. The Morgan fingerprint density at radius 3 is 2.70 bits per heavy atom. The highest BCUT2D eigenvalue weighted by Gasteiger charge is 2.24. The predicted molar refractivity (Wildman–Crippen MR) is 70.4 cm³/mol. The first-order valence-electron chi connectivity index (χ1n) is 5.64. The second-order valence-corrected chi connectivity index (χ2v) is 5.81. The Hall–Kier alpha value is -2.26. The number of nitrogens with zero attached hydrogens (tertiary/aromatic N) is 2. The average molecular weight is 296 g/mol. The van der Waals surface area contributed by atoms with Crippen LogP contribution in [0.2, 0.25) is 0 Å². The number of hydrogen-bond donors (Lipinski definition) is 2. The minimum Gasteiger partial charge on any atom is -0.283 e. The number of aromatic amines is 1. The van der Waals surface area contributed by atoms with Crippen molar-refractivity contribution in [2.75, 3.05) is 0 Å². The van der Waals surface area contributed by atoms with Crippen molar-refractivity contribution in [3.63, 3.8) is 0 Å². The van der Waals surface area contributed by atoms with Crippen LogP contribution in [0.5, 0.6) is 0 Å². The fourth-order valence-corrected chi connectivity index (χ4v) is 2.82. The molecule has 2 N–H and O–H groups in total. The molecule has 0 bridgehead atoms. The Morgan fingerprint density at radius 1 is 1.40 bits per heavy atom. The van der Waals surface area contributed by atoms with E-state index in [1.165, 1.54) is 24.4 Å². The number of aromatic nitrogens is 2. The predicted octanol–water partition coefficient (Wildman–Crippen LogP) is 1.10. The lowest BCUT2D eigenvalue weighted by molar-refractivity contribution is -0.387. The first-order chi connectivity index (χ1) is 9.42. The lowest BCUT2D eigenvalue weighted by Gasteiger charge is -2.06. The summed E-state index contributed by atoms with van der Waals surface area (Å²) in [5.74, 6) is 0. The Labute approximate surface area is 115 Å². The van der Waals surface area contributed by atoms with Crippen LogP contribution in [-0.2, 0) is 16.6 Å². The number of sulfonamides is 1. The monoisotopic (exact) mass is 296 g/mol. The summed E-state index contributed by atoms with van der Waals surface area (Å²) in [5, 5.41) is 17.3. The fraction of sp³-hybridized carbons (Fsp3) is 0.182. The molecule has 8 nitrogen and oxygen atoms in total. The SMILES string of the molecule is Cc1[nH]ncc1CNS(=O)(=O)c1ccccc1[N+](=O)[O-]. The maximum atomic E-state index is 12.1. The van der Waals surface area contributed by atoms with Crippen LogP contribution in [0.15, 0.2) is 35.4 Å². The van der Waals surface area contributed by atoms with Crippen LogP contribution in [0.4, 0.5) is 5.69 Å². The van der Waals surface area contributed by atoms with Crippen molar-refractivity contribution in [2.45, 2.75) is 18.4 Å². The van der Waals surface area contributed by atoms with E-state index in [0.29, 0.717) is 5.56 Å². The van der Waals surface area contributed by atoms with Gasteiger partial charge in [-0.3, -0.25) is 15.2 Å². The van der Waals surface area contributed by atoms with Crippen LogP contribution in [-0.4, -0.2) is 23.5 Å². The summed E-state index contributed by atoms with van der Waals surface area (Å²) in [6.45, 7) is 1.76. The summed E-state index contributed by atoms with van der Waals surface area (Å²) in [4.78, 5) is 9.77. The first kappa shape index (κ1) is 14.2. The van der Waals surface area contributed by atoms with Gasteiger partial charge in [-0.05, 0) is 13.0 Å². The fourth-order valence-electron chi connectivity index (χ4n) is 1.64. The summed E-state index contributed by atoms with van der Waals surface area (Å²) in [5.41, 5.74) is 0.950. The molecule has 1 aromatic carbocycles. The summed E-state index contributed by atoms with van der Waals surface area (Å²) in [6, 6.07) is 5.20. The van der Waals surface area contributed by atoms with Gasteiger partial charge in [0.05, 0.1) is 11.1 Å². The number of benzene rings is 1. The van der Waals surface area contributed by atoms with E-state index in [1.807, 2.05) is 0 Å². The minimum absolute atomic E-state index is 0.0106. The normalized spacial score (nSPS) is 11.4. The average Bonchev–Trinajstić information content (AvgIpc) is 2.82. The molecule has 2 aromatic rings. The second kappa shape index (κ2) is 5.39. The van der Waals surface area contributed by atoms with E-state index in [4.69, 9.17) is 0 Å². The van der Waals surface area contributed by atoms with Gasteiger partial charge in [-0.15, -0.1) is 0 Å². The van der Waals surface area contributed by atoms with Crippen molar-refractivity contribution in [1.29, 1.82) is 0 Å². The van der Waals surface area contributed by atoms with Gasteiger partial charge in [0, 0.05) is 23.9 Å². The van der Waals surface area contributed by atoms with Crippen molar-refractivity contribution in [2.24, 2.45) is 0 Å². The molecule has 0 radical (unpaired) electrons. The molecule has 0 aliphatic heterocycles. The third-order valence-corrected chi connectivity index (χ3v) is 4.19. The molecule has 0 aliphatic rings. The number of aryl methyl sites for hydroxylation is 1. The van der Waals surface area contributed by atoms with Crippen LogP contribution in [0.3, 0.4) is 0 Å². The van der Waals surface area contributed by atoms with Crippen molar-refractivity contribution in [3.05, 3.63) is 51.8 Å². The molecule has 0 saturated heterocycles. The van der Waals surface area contributed by atoms with Gasteiger partial charge in [0.2, 0.25) is 10.0 Å². The number of hydrogen-bond acceptors (Lipinski definition) is 5. The second-order valence-electron chi connectivity index (χ2n) is 4.07. The van der Waals surface area contributed by atoms with Gasteiger partial charge in [-0.1, -0.05) is 12.1 Å². The molecular formula is C11H12N4O4S. The van der Waals surface area contributed by atoms with E-state index in [2.05, 4.69) is 14.9 Å². The Bertz CT molecular complexity index is 738. The van der Waals surface area contributed by atoms with Crippen LogP contribution in [0.1, 0.15) is 11.3 Å². The van der Waals surface area contributed by atoms with E-state index in [0.717, 1.165) is 11.8 Å². The zero-order valence-electron chi connectivity index (χ0n) is 10.5. The van der Waals surface area contributed by atoms with Crippen molar-refractivity contribution >= 4 is 15.7 Å². The van der Waals surface area contributed by atoms with Crippen LogP contribution in [0, 0.1) is 17.0 Å². The topological polar surface area (TPSA) is 118 Å². The van der Waals surface area contributed by atoms with Crippen molar-refractivity contribution in [1.82, 2.24) is 14.9 Å². The third-order valence-electron chi connectivity index (χ3n) is 2.74. The van der Waals surface area contributed by atoms with E-state index in [9.17, 15) is 18.5 Å². The number of nitrogens with one attached hydrogen (secondary N) is 2. The Morgan fingerprint density at radius 2 is 2.10 bits per heavy atom. The van der Waals surface area contributed by atoms with E-state index >= 15 is 0 Å². The lowest BCUT2D eigenvalue weighted by atomic mass is 10.3. The molecule has 0 aliphatic carbocycles. The molecule has 1 aromatic heterocycles. The molecule has 0 fully saturated rings. The third kappa shape index (κ3) is 2.83. The number of nitro benzene ring substituents is 1. The molecule has 106 valence electrons. The molecule has 0 atom stereocenters. The molecule has 2 rings (SSSR count). The van der Waals surface area contributed by atoms with Gasteiger partial charge in [-0.25, -0.2) is 13.1 Å². The van der Waals surface area contributed by atoms with Gasteiger partial charge < -0.3 is 0 Å². The van der Waals surface area contributed by atoms with Gasteiger partial charge >= 0.3 is 0 Å². The van der Waals surface area contributed by atoms with Crippen LogP contribution >= 0.6 is 0 Å². The summed E-state index contributed by atoms with van der Waals surface area (Å²) in [6.07, 6.45) is 1.50.